The van der Waals surface area contributed by atoms with E-state index in [0.29, 0.717) is 0 Å². The zero-order chi connectivity index (χ0) is 13.0. The van der Waals surface area contributed by atoms with E-state index in [2.05, 4.69) is 22.4 Å². The van der Waals surface area contributed by atoms with Gasteiger partial charge in [0.15, 0.2) is 0 Å². The second kappa shape index (κ2) is 5.78. The van der Waals surface area contributed by atoms with Crippen molar-refractivity contribution in [1.82, 2.24) is 15.5 Å². The standard InChI is InChI=1S/C14H18FN3/c1-3-14(11-4-6-13(15)7-5-11)16-8-12-9-17-18-10(12)2/h4-7,9,14,16H,3,8H2,1-2H3,(H,17,18). The molecule has 4 heteroatoms. The van der Waals surface area contributed by atoms with Gasteiger partial charge in [0.1, 0.15) is 5.82 Å². The number of hydrogen-bond donors (Lipinski definition) is 2. The zero-order valence-corrected chi connectivity index (χ0v) is 10.7. The summed E-state index contributed by atoms with van der Waals surface area (Å²) in [6.07, 6.45) is 2.79. The molecule has 0 fully saturated rings. The Labute approximate surface area is 106 Å². The van der Waals surface area contributed by atoms with Crippen molar-refractivity contribution in [1.29, 1.82) is 0 Å². The SMILES string of the molecule is CCC(NCc1cn[nH]c1C)c1ccc(F)cc1. The molecule has 3 nitrogen and oxygen atoms in total. The first-order valence-corrected chi connectivity index (χ1v) is 6.18. The van der Waals surface area contributed by atoms with Gasteiger partial charge in [-0.05, 0) is 31.0 Å². The van der Waals surface area contributed by atoms with Crippen LogP contribution in [0.3, 0.4) is 0 Å². The summed E-state index contributed by atoms with van der Waals surface area (Å²) >= 11 is 0. The maximum Gasteiger partial charge on any atom is 0.123 e. The van der Waals surface area contributed by atoms with Crippen LogP contribution in [0.1, 0.15) is 36.2 Å². The molecule has 0 bridgehead atoms. The van der Waals surface area contributed by atoms with Crippen molar-refractivity contribution in [2.45, 2.75) is 32.9 Å². The maximum absolute atomic E-state index is 12.9. The van der Waals surface area contributed by atoms with E-state index in [1.807, 2.05) is 25.3 Å². The lowest BCUT2D eigenvalue weighted by molar-refractivity contribution is 0.516. The molecule has 0 aliphatic heterocycles. The van der Waals surface area contributed by atoms with Crippen LogP contribution in [0.2, 0.25) is 0 Å². The van der Waals surface area contributed by atoms with Gasteiger partial charge in [-0.2, -0.15) is 5.10 Å². The molecule has 0 aliphatic rings. The molecule has 2 rings (SSSR count). The zero-order valence-electron chi connectivity index (χ0n) is 10.7. The van der Waals surface area contributed by atoms with Gasteiger partial charge in [0.25, 0.3) is 0 Å². The van der Waals surface area contributed by atoms with Crippen LogP contribution in [0.4, 0.5) is 4.39 Å². The maximum atomic E-state index is 12.9. The van der Waals surface area contributed by atoms with E-state index in [1.165, 1.54) is 12.1 Å². The molecule has 96 valence electrons. The Morgan fingerprint density at radius 1 is 1.33 bits per heavy atom. The van der Waals surface area contributed by atoms with Crippen molar-refractivity contribution in [3.63, 3.8) is 0 Å². The number of aryl methyl sites for hydroxylation is 1. The normalized spacial score (nSPS) is 12.6. The molecule has 0 aliphatic carbocycles. The molecular weight excluding hydrogens is 229 g/mol. The van der Waals surface area contributed by atoms with Crippen LogP contribution in [-0.4, -0.2) is 10.2 Å². The summed E-state index contributed by atoms with van der Waals surface area (Å²) in [4.78, 5) is 0. The molecular formula is C14H18FN3. The molecule has 18 heavy (non-hydrogen) atoms. The molecule has 1 aromatic carbocycles. The summed E-state index contributed by atoms with van der Waals surface area (Å²) in [6.45, 7) is 4.88. The van der Waals surface area contributed by atoms with E-state index < -0.39 is 0 Å². The highest BCUT2D eigenvalue weighted by Crippen LogP contribution is 2.17. The van der Waals surface area contributed by atoms with Crippen LogP contribution in [0.25, 0.3) is 0 Å². The molecule has 1 heterocycles. The van der Waals surface area contributed by atoms with Gasteiger partial charge in [0.05, 0.1) is 6.20 Å². The van der Waals surface area contributed by atoms with Gasteiger partial charge in [-0.3, -0.25) is 5.10 Å². The minimum absolute atomic E-state index is 0.195. The number of nitrogens with zero attached hydrogens (tertiary/aromatic N) is 1. The van der Waals surface area contributed by atoms with Crippen LogP contribution < -0.4 is 5.32 Å². The van der Waals surface area contributed by atoms with E-state index in [1.54, 1.807) is 0 Å². The Hall–Kier alpha value is -1.68. The lowest BCUT2D eigenvalue weighted by Gasteiger charge is -2.17. The van der Waals surface area contributed by atoms with Crippen LogP contribution >= 0.6 is 0 Å². The van der Waals surface area contributed by atoms with Gasteiger partial charge in [-0.1, -0.05) is 19.1 Å². The molecule has 0 saturated carbocycles. The largest absolute Gasteiger partial charge is 0.306 e. The minimum atomic E-state index is -0.195. The molecule has 1 atom stereocenters. The van der Waals surface area contributed by atoms with Crippen LogP contribution in [0.5, 0.6) is 0 Å². The van der Waals surface area contributed by atoms with Gasteiger partial charge >= 0.3 is 0 Å². The Kier molecular flexibility index (Phi) is 4.10. The van der Waals surface area contributed by atoms with Crippen molar-refractivity contribution >= 4 is 0 Å². The number of hydrogen-bond acceptors (Lipinski definition) is 2. The third-order valence-corrected chi connectivity index (χ3v) is 3.15. The molecule has 0 amide bonds. The Balaban J connectivity index is 2.01. The highest BCUT2D eigenvalue weighted by atomic mass is 19.1. The van der Waals surface area contributed by atoms with Gasteiger partial charge in [0, 0.05) is 23.8 Å². The number of rotatable bonds is 5. The highest BCUT2D eigenvalue weighted by Gasteiger charge is 2.09. The molecule has 1 unspecified atom stereocenters. The summed E-state index contributed by atoms with van der Waals surface area (Å²) < 4.78 is 12.9. The third kappa shape index (κ3) is 2.96. The molecule has 0 radical (unpaired) electrons. The van der Waals surface area contributed by atoms with Crippen LogP contribution in [-0.2, 0) is 6.54 Å². The fourth-order valence-corrected chi connectivity index (χ4v) is 1.98. The summed E-state index contributed by atoms with van der Waals surface area (Å²) in [5, 5.41) is 10.4. The smallest absolute Gasteiger partial charge is 0.123 e. The van der Waals surface area contributed by atoms with Crippen molar-refractivity contribution in [3.05, 3.63) is 53.1 Å². The molecule has 0 saturated heterocycles. The van der Waals surface area contributed by atoms with Gasteiger partial charge in [0.2, 0.25) is 0 Å². The first kappa shape index (κ1) is 12.8. The Morgan fingerprint density at radius 3 is 2.61 bits per heavy atom. The molecule has 1 aromatic heterocycles. The van der Waals surface area contributed by atoms with E-state index in [0.717, 1.165) is 29.8 Å². The number of benzene rings is 1. The van der Waals surface area contributed by atoms with Crippen molar-refractivity contribution in [2.75, 3.05) is 0 Å². The van der Waals surface area contributed by atoms with Crippen molar-refractivity contribution in [2.24, 2.45) is 0 Å². The Morgan fingerprint density at radius 2 is 2.06 bits per heavy atom. The average molecular weight is 247 g/mol. The number of H-pyrrole nitrogens is 1. The monoisotopic (exact) mass is 247 g/mol. The van der Waals surface area contributed by atoms with Crippen LogP contribution in [0, 0.1) is 12.7 Å². The fourth-order valence-electron chi connectivity index (χ4n) is 1.98. The van der Waals surface area contributed by atoms with E-state index in [9.17, 15) is 4.39 Å². The highest BCUT2D eigenvalue weighted by molar-refractivity contribution is 5.21. The number of aromatic nitrogens is 2. The molecule has 2 aromatic rings. The first-order valence-electron chi connectivity index (χ1n) is 6.18. The number of halogens is 1. The van der Waals surface area contributed by atoms with Gasteiger partial charge in [-0.25, -0.2) is 4.39 Å². The quantitative estimate of drug-likeness (QED) is 0.852. The predicted molar refractivity (Wildman–Crippen MR) is 69.6 cm³/mol. The van der Waals surface area contributed by atoms with Gasteiger partial charge in [-0.15, -0.1) is 0 Å². The number of nitrogens with one attached hydrogen (secondary N) is 2. The lowest BCUT2D eigenvalue weighted by Crippen LogP contribution is -2.20. The minimum Gasteiger partial charge on any atom is -0.306 e. The second-order valence-electron chi connectivity index (χ2n) is 4.41. The van der Waals surface area contributed by atoms with Crippen molar-refractivity contribution < 1.29 is 4.39 Å². The number of aromatic amines is 1. The first-order chi connectivity index (χ1) is 8.70. The summed E-state index contributed by atoms with van der Waals surface area (Å²) in [7, 11) is 0. The third-order valence-electron chi connectivity index (χ3n) is 3.15. The van der Waals surface area contributed by atoms with E-state index in [-0.39, 0.29) is 11.9 Å². The Bertz CT molecular complexity index is 490. The van der Waals surface area contributed by atoms with E-state index >= 15 is 0 Å². The predicted octanol–water partition coefficient (Wildman–Crippen LogP) is 3.10. The second-order valence-corrected chi connectivity index (χ2v) is 4.41. The van der Waals surface area contributed by atoms with E-state index in [4.69, 9.17) is 0 Å². The molecule has 0 spiro atoms. The molecule has 2 N–H and O–H groups in total. The van der Waals surface area contributed by atoms with Crippen molar-refractivity contribution in [3.8, 4) is 0 Å². The summed E-state index contributed by atoms with van der Waals surface area (Å²) in [5.41, 5.74) is 3.35. The summed E-state index contributed by atoms with van der Waals surface area (Å²) in [5.74, 6) is -0.195. The van der Waals surface area contributed by atoms with Crippen LogP contribution in [0.15, 0.2) is 30.5 Å². The topological polar surface area (TPSA) is 40.7 Å². The summed E-state index contributed by atoms with van der Waals surface area (Å²) in [6, 6.07) is 6.91. The fraction of sp³-hybridized carbons (Fsp3) is 0.357. The average Bonchev–Trinajstić information content (AvgIpc) is 2.78. The van der Waals surface area contributed by atoms with Gasteiger partial charge < -0.3 is 5.32 Å². The lowest BCUT2D eigenvalue weighted by atomic mass is 10.0.